The van der Waals surface area contributed by atoms with Crippen molar-refractivity contribution in [3.05, 3.63) is 0 Å². The number of aliphatic carboxylic acids is 2. The van der Waals surface area contributed by atoms with Gasteiger partial charge in [0.25, 0.3) is 0 Å². The Morgan fingerprint density at radius 1 is 0.750 bits per heavy atom. The SMILES string of the molecule is O=C(O)CC[C@@H]1NC(=O)[C@@H]2CCCN2C(=O)[C@H](CCC(=O)O)NC(=O)[C@@H]2CCCN2C1=O. The lowest BCUT2D eigenvalue weighted by atomic mass is 10.0. The molecule has 12 heteroatoms. The Morgan fingerprint density at radius 2 is 1.12 bits per heavy atom. The summed E-state index contributed by atoms with van der Waals surface area (Å²) in [5.74, 6) is -4.41. The lowest BCUT2D eigenvalue weighted by molar-refractivity contribution is -0.147. The van der Waals surface area contributed by atoms with Gasteiger partial charge in [-0.05, 0) is 38.5 Å². The molecular weight excluding hydrogens is 424 g/mol. The number of hydrogen-bond donors (Lipinski definition) is 4. The number of hydrogen-bond acceptors (Lipinski definition) is 6. The van der Waals surface area contributed by atoms with Crippen LogP contribution in [0.2, 0.25) is 0 Å². The van der Waals surface area contributed by atoms with Crippen LogP contribution in [0.5, 0.6) is 0 Å². The molecule has 3 rings (SSSR count). The smallest absolute Gasteiger partial charge is 0.303 e. The molecule has 0 aromatic rings. The molecule has 4 amide bonds. The maximum absolute atomic E-state index is 13.2. The maximum atomic E-state index is 13.2. The van der Waals surface area contributed by atoms with Crippen molar-refractivity contribution in [3.8, 4) is 0 Å². The third-order valence-electron chi connectivity index (χ3n) is 6.20. The van der Waals surface area contributed by atoms with Crippen molar-refractivity contribution < 1.29 is 39.0 Å². The second-order valence-electron chi connectivity index (χ2n) is 8.37. The van der Waals surface area contributed by atoms with E-state index in [1.54, 1.807) is 0 Å². The number of carboxylic acid groups (broad SMARTS) is 2. The van der Waals surface area contributed by atoms with Crippen molar-refractivity contribution >= 4 is 35.6 Å². The highest BCUT2D eigenvalue weighted by molar-refractivity contribution is 5.98. The molecular formula is C20H28N4O8. The Kier molecular flexibility index (Phi) is 7.31. The van der Waals surface area contributed by atoms with Crippen LogP contribution in [-0.4, -0.2) is 92.8 Å². The Hall–Kier alpha value is -3.18. The zero-order valence-electron chi connectivity index (χ0n) is 17.6. The van der Waals surface area contributed by atoms with Crippen molar-refractivity contribution in [2.24, 2.45) is 0 Å². The molecule has 3 aliphatic rings. The number of carboxylic acids is 2. The summed E-state index contributed by atoms with van der Waals surface area (Å²) in [6, 6.07) is -3.99. The van der Waals surface area contributed by atoms with E-state index in [0.29, 0.717) is 25.7 Å². The molecule has 3 fully saturated rings. The average Bonchev–Trinajstić information content (AvgIpc) is 3.41. The molecule has 0 spiro atoms. The van der Waals surface area contributed by atoms with E-state index in [-0.39, 0.29) is 38.8 Å². The summed E-state index contributed by atoms with van der Waals surface area (Å²) in [4.78, 5) is 77.1. The zero-order chi connectivity index (χ0) is 23.4. The van der Waals surface area contributed by atoms with Crippen molar-refractivity contribution in [1.29, 1.82) is 0 Å². The molecule has 0 aromatic heterocycles. The first-order chi connectivity index (χ1) is 15.2. The van der Waals surface area contributed by atoms with Crippen molar-refractivity contribution in [3.63, 3.8) is 0 Å². The van der Waals surface area contributed by atoms with E-state index in [1.165, 1.54) is 9.80 Å². The number of carbonyl (C=O) groups excluding carboxylic acids is 4. The van der Waals surface area contributed by atoms with E-state index in [9.17, 15) is 28.8 Å². The number of carbonyl (C=O) groups is 6. The standard InChI is InChI=1S/C20H28N4O8/c25-15(26)7-5-11-19(31)23-9-1-3-13(23)17(29)21-12(6-8-16(27)28)20(32)24-10-2-4-14(24)18(30)22-11/h11-14H,1-10H2,(H,21,29)(H,22,30)(H,25,26)(H,27,28)/t11-,12-,13-,14-/m0/s1. The molecule has 0 aliphatic carbocycles. The molecule has 3 saturated heterocycles. The molecule has 0 saturated carbocycles. The van der Waals surface area contributed by atoms with Gasteiger partial charge in [0, 0.05) is 25.9 Å². The fraction of sp³-hybridized carbons (Fsp3) is 0.700. The van der Waals surface area contributed by atoms with Gasteiger partial charge in [-0.1, -0.05) is 0 Å². The van der Waals surface area contributed by atoms with E-state index >= 15 is 0 Å². The Balaban J connectivity index is 1.93. The van der Waals surface area contributed by atoms with E-state index < -0.39 is 59.7 Å². The first-order valence-corrected chi connectivity index (χ1v) is 10.8. The van der Waals surface area contributed by atoms with Gasteiger partial charge in [-0.2, -0.15) is 0 Å². The van der Waals surface area contributed by atoms with Crippen LogP contribution in [-0.2, 0) is 28.8 Å². The molecule has 3 aliphatic heterocycles. The highest BCUT2D eigenvalue weighted by Crippen LogP contribution is 2.24. The van der Waals surface area contributed by atoms with Crippen molar-refractivity contribution in [1.82, 2.24) is 20.4 Å². The van der Waals surface area contributed by atoms with E-state index in [4.69, 9.17) is 10.2 Å². The lowest BCUT2D eigenvalue weighted by Crippen LogP contribution is -2.61. The van der Waals surface area contributed by atoms with Crippen LogP contribution in [0.25, 0.3) is 0 Å². The van der Waals surface area contributed by atoms with Crippen LogP contribution in [0.3, 0.4) is 0 Å². The topological polar surface area (TPSA) is 173 Å². The fourth-order valence-electron chi connectivity index (χ4n) is 4.59. The minimum absolute atomic E-state index is 0.132. The van der Waals surface area contributed by atoms with E-state index in [2.05, 4.69) is 10.6 Å². The molecule has 4 atom stereocenters. The second kappa shape index (κ2) is 9.96. The summed E-state index contributed by atoms with van der Waals surface area (Å²) in [6.45, 7) is 0.527. The van der Waals surface area contributed by atoms with Gasteiger partial charge in [0.15, 0.2) is 0 Å². The molecule has 0 bridgehead atoms. The minimum atomic E-state index is -1.12. The van der Waals surface area contributed by atoms with Gasteiger partial charge in [0.2, 0.25) is 23.6 Å². The van der Waals surface area contributed by atoms with Crippen LogP contribution < -0.4 is 10.6 Å². The Morgan fingerprint density at radius 3 is 1.47 bits per heavy atom. The van der Waals surface area contributed by atoms with Gasteiger partial charge in [-0.3, -0.25) is 28.8 Å². The number of nitrogens with one attached hydrogen (secondary N) is 2. The van der Waals surface area contributed by atoms with Crippen molar-refractivity contribution in [2.75, 3.05) is 13.1 Å². The first kappa shape index (κ1) is 23.5. The van der Waals surface area contributed by atoms with Gasteiger partial charge in [-0.25, -0.2) is 0 Å². The van der Waals surface area contributed by atoms with E-state index in [0.717, 1.165) is 0 Å². The van der Waals surface area contributed by atoms with Gasteiger partial charge in [-0.15, -0.1) is 0 Å². The van der Waals surface area contributed by atoms with Crippen LogP contribution >= 0.6 is 0 Å². The quantitative estimate of drug-likeness (QED) is 0.384. The summed E-state index contributed by atoms with van der Waals surface area (Å²) >= 11 is 0. The molecule has 0 radical (unpaired) electrons. The molecule has 32 heavy (non-hydrogen) atoms. The molecule has 0 aromatic carbocycles. The lowest BCUT2D eigenvalue weighted by Gasteiger charge is -2.34. The second-order valence-corrected chi connectivity index (χ2v) is 8.37. The van der Waals surface area contributed by atoms with Crippen LogP contribution in [0.1, 0.15) is 51.4 Å². The van der Waals surface area contributed by atoms with Crippen LogP contribution in [0.4, 0.5) is 0 Å². The summed E-state index contributed by atoms with van der Waals surface area (Å²) in [5.41, 5.74) is 0. The highest BCUT2D eigenvalue weighted by atomic mass is 16.4. The number of fused-ring (bicyclic) bond motifs is 2. The summed E-state index contributed by atoms with van der Waals surface area (Å²) < 4.78 is 0. The summed E-state index contributed by atoms with van der Waals surface area (Å²) in [7, 11) is 0. The fourth-order valence-corrected chi connectivity index (χ4v) is 4.59. The van der Waals surface area contributed by atoms with Crippen LogP contribution in [0, 0.1) is 0 Å². The molecule has 12 nitrogen and oxygen atoms in total. The number of nitrogens with zero attached hydrogens (tertiary/aromatic N) is 2. The summed E-state index contributed by atoms with van der Waals surface area (Å²) in [6.07, 6.45) is 0.821. The van der Waals surface area contributed by atoms with Gasteiger partial charge < -0.3 is 30.6 Å². The normalized spacial score (nSPS) is 28.9. The zero-order valence-corrected chi connectivity index (χ0v) is 17.6. The largest absolute Gasteiger partial charge is 0.481 e. The molecule has 0 unspecified atom stereocenters. The predicted molar refractivity (Wildman–Crippen MR) is 107 cm³/mol. The Labute approximate surface area is 184 Å². The van der Waals surface area contributed by atoms with Crippen molar-refractivity contribution in [2.45, 2.75) is 75.5 Å². The Bertz CT molecular complexity index is 749. The number of amides is 4. The number of rotatable bonds is 6. The van der Waals surface area contributed by atoms with Gasteiger partial charge in [0.1, 0.15) is 24.2 Å². The molecule has 4 N–H and O–H groups in total. The third-order valence-corrected chi connectivity index (χ3v) is 6.20. The van der Waals surface area contributed by atoms with Gasteiger partial charge in [0.05, 0.1) is 0 Å². The minimum Gasteiger partial charge on any atom is -0.481 e. The highest BCUT2D eigenvalue weighted by Gasteiger charge is 2.43. The molecule has 3 heterocycles. The average molecular weight is 452 g/mol. The first-order valence-electron chi connectivity index (χ1n) is 10.8. The van der Waals surface area contributed by atoms with Crippen LogP contribution in [0.15, 0.2) is 0 Å². The third kappa shape index (κ3) is 5.17. The van der Waals surface area contributed by atoms with Gasteiger partial charge >= 0.3 is 11.9 Å². The monoisotopic (exact) mass is 452 g/mol. The summed E-state index contributed by atoms with van der Waals surface area (Å²) in [5, 5.41) is 23.3. The predicted octanol–water partition coefficient (Wildman–Crippen LogP) is -1.32. The molecule has 176 valence electrons. The maximum Gasteiger partial charge on any atom is 0.303 e. The van der Waals surface area contributed by atoms with E-state index in [1.807, 2.05) is 0 Å².